The van der Waals surface area contributed by atoms with Crippen molar-refractivity contribution in [3.63, 3.8) is 0 Å². The van der Waals surface area contributed by atoms with Crippen LogP contribution in [0, 0.1) is 6.92 Å². The Morgan fingerprint density at radius 2 is 1.90 bits per heavy atom. The zero-order valence-electron chi connectivity index (χ0n) is 16.9. The van der Waals surface area contributed by atoms with Crippen LogP contribution < -0.4 is 14.8 Å². The molecule has 0 spiro atoms. The normalized spacial score (nSPS) is 14.9. The van der Waals surface area contributed by atoms with Crippen LogP contribution in [-0.2, 0) is 9.59 Å². The SMILES string of the molecule is COc1ccc(C=C2SC(=S)N(CCC(=O)Nc3ccccc3C)C2=O)cc1OC. The lowest BCUT2D eigenvalue weighted by Crippen LogP contribution is -2.31. The third-order valence-corrected chi connectivity index (χ3v) is 5.94. The van der Waals surface area contributed by atoms with Gasteiger partial charge in [0, 0.05) is 18.7 Å². The van der Waals surface area contributed by atoms with E-state index in [1.165, 1.54) is 16.7 Å². The van der Waals surface area contributed by atoms with Gasteiger partial charge in [-0.05, 0) is 42.3 Å². The van der Waals surface area contributed by atoms with E-state index in [9.17, 15) is 9.59 Å². The first-order valence-corrected chi connectivity index (χ1v) is 10.5. The molecule has 0 radical (unpaired) electrons. The summed E-state index contributed by atoms with van der Waals surface area (Å²) in [7, 11) is 3.13. The van der Waals surface area contributed by atoms with Crippen molar-refractivity contribution in [3.8, 4) is 11.5 Å². The number of nitrogens with zero attached hydrogens (tertiary/aromatic N) is 1. The molecule has 1 heterocycles. The van der Waals surface area contributed by atoms with Crippen LogP contribution in [0.15, 0.2) is 47.4 Å². The third-order valence-electron chi connectivity index (χ3n) is 4.56. The minimum absolute atomic E-state index is 0.157. The van der Waals surface area contributed by atoms with E-state index in [1.54, 1.807) is 32.4 Å². The average Bonchev–Trinajstić information content (AvgIpc) is 3.00. The first-order chi connectivity index (χ1) is 14.4. The molecule has 1 fully saturated rings. The van der Waals surface area contributed by atoms with Crippen LogP contribution in [0.2, 0.25) is 0 Å². The second kappa shape index (κ2) is 9.77. The molecule has 2 amide bonds. The molecule has 1 aliphatic heterocycles. The number of anilines is 1. The van der Waals surface area contributed by atoms with Gasteiger partial charge in [0.2, 0.25) is 5.91 Å². The van der Waals surface area contributed by atoms with Crippen molar-refractivity contribution in [1.82, 2.24) is 4.90 Å². The number of hydrogen-bond acceptors (Lipinski definition) is 6. The number of para-hydroxylation sites is 1. The maximum absolute atomic E-state index is 12.8. The molecule has 1 N–H and O–H groups in total. The molecule has 0 bridgehead atoms. The minimum Gasteiger partial charge on any atom is -0.493 e. The maximum Gasteiger partial charge on any atom is 0.266 e. The van der Waals surface area contributed by atoms with Crippen LogP contribution in [-0.4, -0.2) is 41.8 Å². The van der Waals surface area contributed by atoms with Gasteiger partial charge < -0.3 is 14.8 Å². The quantitative estimate of drug-likeness (QED) is 0.511. The Labute approximate surface area is 185 Å². The van der Waals surface area contributed by atoms with E-state index in [0.29, 0.717) is 20.7 Å². The fraction of sp³-hybridized carbons (Fsp3) is 0.227. The minimum atomic E-state index is -0.205. The third kappa shape index (κ3) is 5.01. The van der Waals surface area contributed by atoms with Gasteiger partial charge in [0.05, 0.1) is 19.1 Å². The molecule has 156 valence electrons. The molecule has 8 heteroatoms. The number of carbonyl (C=O) groups is 2. The molecule has 0 unspecified atom stereocenters. The van der Waals surface area contributed by atoms with Crippen molar-refractivity contribution in [1.29, 1.82) is 0 Å². The van der Waals surface area contributed by atoms with E-state index in [1.807, 2.05) is 37.3 Å². The summed E-state index contributed by atoms with van der Waals surface area (Å²) in [6, 6.07) is 13.0. The van der Waals surface area contributed by atoms with Gasteiger partial charge in [0.25, 0.3) is 5.91 Å². The number of benzene rings is 2. The zero-order chi connectivity index (χ0) is 21.7. The lowest BCUT2D eigenvalue weighted by Gasteiger charge is -2.14. The predicted molar refractivity (Wildman–Crippen MR) is 124 cm³/mol. The fourth-order valence-electron chi connectivity index (χ4n) is 2.93. The van der Waals surface area contributed by atoms with E-state index >= 15 is 0 Å². The first kappa shape index (κ1) is 21.9. The summed E-state index contributed by atoms with van der Waals surface area (Å²) in [5, 5.41) is 2.87. The smallest absolute Gasteiger partial charge is 0.266 e. The maximum atomic E-state index is 12.8. The van der Waals surface area contributed by atoms with Gasteiger partial charge in [-0.15, -0.1) is 0 Å². The van der Waals surface area contributed by atoms with E-state index < -0.39 is 0 Å². The molecule has 0 aliphatic carbocycles. The zero-order valence-corrected chi connectivity index (χ0v) is 18.6. The topological polar surface area (TPSA) is 67.9 Å². The van der Waals surface area contributed by atoms with Crippen LogP contribution in [0.25, 0.3) is 6.08 Å². The Bertz CT molecular complexity index is 1020. The molecule has 2 aromatic rings. The Morgan fingerprint density at radius 1 is 1.17 bits per heavy atom. The second-order valence-corrected chi connectivity index (χ2v) is 8.24. The molecular formula is C22H22N2O4S2. The highest BCUT2D eigenvalue weighted by Gasteiger charge is 2.32. The Balaban J connectivity index is 1.65. The molecule has 30 heavy (non-hydrogen) atoms. The molecule has 2 aromatic carbocycles. The predicted octanol–water partition coefficient (Wildman–Crippen LogP) is 4.24. The summed E-state index contributed by atoms with van der Waals surface area (Å²) in [6.45, 7) is 2.16. The molecule has 6 nitrogen and oxygen atoms in total. The number of nitrogens with one attached hydrogen (secondary N) is 1. The van der Waals surface area contributed by atoms with E-state index in [2.05, 4.69) is 5.32 Å². The standard InChI is InChI=1S/C22H22N2O4S2/c1-14-6-4-5-7-16(14)23-20(25)10-11-24-21(26)19(30-22(24)29)13-15-8-9-17(27-2)18(12-15)28-3/h4-9,12-13H,10-11H2,1-3H3,(H,23,25). The number of rotatable bonds is 7. The Morgan fingerprint density at radius 3 is 2.60 bits per heavy atom. The van der Waals surface area contributed by atoms with Gasteiger partial charge in [-0.3, -0.25) is 14.5 Å². The molecule has 1 aliphatic rings. The molecule has 0 atom stereocenters. The van der Waals surface area contributed by atoms with Gasteiger partial charge >= 0.3 is 0 Å². The lowest BCUT2D eigenvalue weighted by molar-refractivity contribution is -0.122. The molecule has 0 aromatic heterocycles. The summed E-state index contributed by atoms with van der Waals surface area (Å²) in [4.78, 5) is 27.1. The van der Waals surface area contributed by atoms with Crippen LogP contribution in [0.1, 0.15) is 17.5 Å². The highest BCUT2D eigenvalue weighted by molar-refractivity contribution is 8.26. The Kier molecular flexibility index (Phi) is 7.12. The second-order valence-electron chi connectivity index (χ2n) is 6.56. The number of thiocarbonyl (C=S) groups is 1. The van der Waals surface area contributed by atoms with E-state index in [0.717, 1.165) is 16.8 Å². The largest absolute Gasteiger partial charge is 0.493 e. The number of carbonyl (C=O) groups excluding carboxylic acids is 2. The molecule has 0 saturated carbocycles. The molecule has 1 saturated heterocycles. The number of thioether (sulfide) groups is 1. The van der Waals surface area contributed by atoms with Crippen molar-refractivity contribution in [2.24, 2.45) is 0 Å². The van der Waals surface area contributed by atoms with E-state index in [-0.39, 0.29) is 24.8 Å². The van der Waals surface area contributed by atoms with Gasteiger partial charge in [0.15, 0.2) is 11.5 Å². The number of hydrogen-bond donors (Lipinski definition) is 1. The van der Waals surface area contributed by atoms with Crippen molar-refractivity contribution in [2.45, 2.75) is 13.3 Å². The van der Waals surface area contributed by atoms with E-state index in [4.69, 9.17) is 21.7 Å². The Hall–Kier alpha value is -2.84. The number of ether oxygens (including phenoxy) is 2. The van der Waals surface area contributed by atoms with Crippen LogP contribution in [0.5, 0.6) is 11.5 Å². The van der Waals surface area contributed by atoms with Crippen molar-refractivity contribution < 1.29 is 19.1 Å². The number of methoxy groups -OCH3 is 2. The van der Waals surface area contributed by atoms with Crippen molar-refractivity contribution in [2.75, 3.05) is 26.1 Å². The van der Waals surface area contributed by atoms with Gasteiger partial charge in [0.1, 0.15) is 4.32 Å². The fourth-order valence-corrected chi connectivity index (χ4v) is 4.23. The summed E-state index contributed by atoms with van der Waals surface area (Å²) >= 11 is 6.58. The monoisotopic (exact) mass is 442 g/mol. The molecule has 3 rings (SSSR count). The van der Waals surface area contributed by atoms with Gasteiger partial charge in [-0.25, -0.2) is 0 Å². The van der Waals surface area contributed by atoms with Gasteiger partial charge in [-0.1, -0.05) is 48.2 Å². The summed E-state index contributed by atoms with van der Waals surface area (Å²) in [5.41, 5.74) is 2.54. The van der Waals surface area contributed by atoms with Crippen LogP contribution >= 0.6 is 24.0 Å². The van der Waals surface area contributed by atoms with Crippen molar-refractivity contribution >= 4 is 51.9 Å². The number of aryl methyl sites for hydroxylation is 1. The van der Waals surface area contributed by atoms with Crippen molar-refractivity contribution in [3.05, 3.63) is 58.5 Å². The highest BCUT2D eigenvalue weighted by atomic mass is 32.2. The highest BCUT2D eigenvalue weighted by Crippen LogP contribution is 2.34. The van der Waals surface area contributed by atoms with Crippen LogP contribution in [0.4, 0.5) is 5.69 Å². The average molecular weight is 443 g/mol. The van der Waals surface area contributed by atoms with Gasteiger partial charge in [-0.2, -0.15) is 0 Å². The summed E-state index contributed by atoms with van der Waals surface area (Å²) < 4.78 is 11.0. The number of amides is 2. The summed E-state index contributed by atoms with van der Waals surface area (Å²) in [5.74, 6) is 0.821. The lowest BCUT2D eigenvalue weighted by atomic mass is 10.2. The first-order valence-electron chi connectivity index (χ1n) is 9.26. The van der Waals surface area contributed by atoms with Crippen LogP contribution in [0.3, 0.4) is 0 Å². The molecular weight excluding hydrogens is 420 g/mol. The summed E-state index contributed by atoms with van der Waals surface area (Å²) in [6.07, 6.45) is 1.92.